The van der Waals surface area contributed by atoms with Crippen molar-refractivity contribution >= 4 is 16.9 Å². The third-order valence-electron chi connectivity index (χ3n) is 4.91. The van der Waals surface area contributed by atoms with Gasteiger partial charge in [-0.3, -0.25) is 4.79 Å². The number of H-pyrrole nitrogens is 1. The molecule has 0 radical (unpaired) electrons. The Morgan fingerprint density at radius 2 is 2.13 bits per heavy atom. The molecule has 0 unspecified atom stereocenters. The zero-order valence-electron chi connectivity index (χ0n) is 16.7. The number of nitrogens with zero attached hydrogens (tertiary/aromatic N) is 3. The molecule has 7 nitrogen and oxygen atoms in total. The van der Waals surface area contributed by atoms with Crippen molar-refractivity contribution in [2.45, 2.75) is 26.7 Å². The Morgan fingerprint density at radius 1 is 1.27 bits per heavy atom. The highest BCUT2D eigenvalue weighted by Crippen LogP contribution is 2.29. The molecular weight excluding hydrogens is 380 g/mol. The van der Waals surface area contributed by atoms with Crippen LogP contribution in [0.4, 0.5) is 0 Å². The third-order valence-corrected chi connectivity index (χ3v) is 4.91. The molecule has 0 amide bonds. The van der Waals surface area contributed by atoms with Crippen molar-refractivity contribution < 1.29 is 14.1 Å². The van der Waals surface area contributed by atoms with Crippen LogP contribution in [-0.2, 0) is 16.0 Å². The third kappa shape index (κ3) is 3.80. The van der Waals surface area contributed by atoms with Crippen LogP contribution in [0.15, 0.2) is 47.1 Å². The van der Waals surface area contributed by atoms with Crippen LogP contribution in [0.1, 0.15) is 30.0 Å². The van der Waals surface area contributed by atoms with E-state index in [2.05, 4.69) is 21.2 Å². The highest BCUT2D eigenvalue weighted by molar-refractivity contribution is 5.89. The number of aryl methyl sites for hydroxylation is 2. The first-order valence-corrected chi connectivity index (χ1v) is 9.70. The van der Waals surface area contributed by atoms with Crippen molar-refractivity contribution in [3.05, 3.63) is 59.3 Å². The van der Waals surface area contributed by atoms with Crippen molar-refractivity contribution in [2.24, 2.45) is 0 Å². The number of nitrogens with one attached hydrogen (secondary N) is 1. The molecule has 1 N–H and O–H groups in total. The summed E-state index contributed by atoms with van der Waals surface area (Å²) in [5.74, 6) is 0.640. The van der Waals surface area contributed by atoms with Crippen LogP contribution >= 0.6 is 0 Å². The summed E-state index contributed by atoms with van der Waals surface area (Å²) in [5, 5.41) is 14.4. The van der Waals surface area contributed by atoms with Crippen molar-refractivity contribution in [1.82, 2.24) is 15.1 Å². The van der Waals surface area contributed by atoms with Crippen molar-refractivity contribution in [1.29, 1.82) is 5.26 Å². The summed E-state index contributed by atoms with van der Waals surface area (Å²) < 4.78 is 10.5. The lowest BCUT2D eigenvalue weighted by atomic mass is 10.0. The quantitative estimate of drug-likeness (QED) is 0.476. The maximum absolute atomic E-state index is 11.6. The maximum Gasteiger partial charge on any atom is 0.306 e. The fraction of sp³-hybridized carbons (Fsp3) is 0.217. The minimum atomic E-state index is -0.196. The van der Waals surface area contributed by atoms with Gasteiger partial charge in [-0.05, 0) is 49.6 Å². The minimum absolute atomic E-state index is 0.196. The van der Waals surface area contributed by atoms with Crippen molar-refractivity contribution in [3.8, 4) is 28.9 Å². The number of fused-ring (bicyclic) bond motifs is 1. The zero-order valence-corrected chi connectivity index (χ0v) is 16.7. The Bertz CT molecular complexity index is 1260. The summed E-state index contributed by atoms with van der Waals surface area (Å²) in [7, 11) is 0. The monoisotopic (exact) mass is 400 g/mol. The maximum atomic E-state index is 11.6. The molecule has 150 valence electrons. The molecule has 4 rings (SSSR count). The first kappa shape index (κ1) is 19.4. The molecule has 0 aliphatic heterocycles. The lowest BCUT2D eigenvalue weighted by molar-refractivity contribution is -0.143. The SMILES string of the molecule is CCOC(=O)CCc1ccc(-c2noc(-c3cc(C#N)c4[nH]ccc4c3)n2)c(C)c1. The van der Waals surface area contributed by atoms with E-state index in [1.54, 1.807) is 19.2 Å². The number of esters is 1. The second-order valence-corrected chi connectivity index (χ2v) is 6.95. The fourth-order valence-corrected chi connectivity index (χ4v) is 3.45. The second kappa shape index (κ2) is 8.21. The summed E-state index contributed by atoms with van der Waals surface area (Å²) >= 11 is 0. The number of hydrogen-bond acceptors (Lipinski definition) is 6. The predicted octanol–water partition coefficient (Wildman–Crippen LogP) is 4.56. The Hall–Kier alpha value is -3.92. The van der Waals surface area contributed by atoms with Crippen LogP contribution in [0.25, 0.3) is 33.7 Å². The van der Waals surface area contributed by atoms with E-state index in [-0.39, 0.29) is 5.97 Å². The van der Waals surface area contributed by atoms with Gasteiger partial charge in [0.2, 0.25) is 5.82 Å². The minimum Gasteiger partial charge on any atom is -0.466 e. The average molecular weight is 400 g/mol. The summed E-state index contributed by atoms with van der Waals surface area (Å²) in [5.41, 5.74) is 4.89. The van der Waals surface area contributed by atoms with Gasteiger partial charge < -0.3 is 14.2 Å². The number of nitriles is 1. The normalized spacial score (nSPS) is 10.8. The molecule has 30 heavy (non-hydrogen) atoms. The first-order valence-electron chi connectivity index (χ1n) is 9.70. The van der Waals surface area contributed by atoms with E-state index in [0.717, 1.165) is 27.6 Å². The second-order valence-electron chi connectivity index (χ2n) is 6.95. The van der Waals surface area contributed by atoms with Gasteiger partial charge >= 0.3 is 5.97 Å². The number of aromatic amines is 1. The largest absolute Gasteiger partial charge is 0.466 e. The molecule has 2 aromatic heterocycles. The number of benzene rings is 2. The molecule has 2 aromatic carbocycles. The number of aromatic nitrogens is 3. The Labute approximate surface area is 173 Å². The van der Waals surface area contributed by atoms with Crippen LogP contribution in [-0.4, -0.2) is 27.7 Å². The van der Waals surface area contributed by atoms with E-state index in [1.807, 2.05) is 37.3 Å². The van der Waals surface area contributed by atoms with Crippen LogP contribution in [0.2, 0.25) is 0 Å². The molecule has 7 heteroatoms. The van der Waals surface area contributed by atoms with Gasteiger partial charge in [-0.1, -0.05) is 23.4 Å². The van der Waals surface area contributed by atoms with E-state index in [9.17, 15) is 10.1 Å². The highest BCUT2D eigenvalue weighted by Gasteiger charge is 2.15. The Balaban J connectivity index is 1.58. The molecule has 4 aromatic rings. The molecule has 0 saturated carbocycles. The summed E-state index contributed by atoms with van der Waals surface area (Å²) in [6, 6.07) is 13.6. The summed E-state index contributed by atoms with van der Waals surface area (Å²) in [6.07, 6.45) is 2.76. The van der Waals surface area contributed by atoms with E-state index < -0.39 is 0 Å². The van der Waals surface area contributed by atoms with Crippen LogP contribution < -0.4 is 0 Å². The van der Waals surface area contributed by atoms with E-state index in [4.69, 9.17) is 9.26 Å². The molecule has 2 heterocycles. The molecule has 0 aliphatic rings. The highest BCUT2D eigenvalue weighted by atomic mass is 16.5. The van der Waals surface area contributed by atoms with Gasteiger partial charge in [0.15, 0.2) is 0 Å². The van der Waals surface area contributed by atoms with Gasteiger partial charge in [-0.25, -0.2) is 0 Å². The topological polar surface area (TPSA) is 105 Å². The number of rotatable bonds is 6. The molecule has 0 spiro atoms. The first-order chi connectivity index (χ1) is 14.6. The molecule has 0 saturated heterocycles. The molecular formula is C23H20N4O3. The van der Waals surface area contributed by atoms with Crippen molar-refractivity contribution in [2.75, 3.05) is 6.61 Å². The fourth-order valence-electron chi connectivity index (χ4n) is 3.45. The average Bonchev–Trinajstić information content (AvgIpc) is 3.41. The smallest absolute Gasteiger partial charge is 0.306 e. The standard InChI is InChI=1S/C23H20N4O3/c1-3-29-20(28)7-5-15-4-6-19(14(2)10-15)22-26-23(30-27-22)17-11-16-8-9-25-21(16)18(12-17)13-24/h4,6,8-12,25H,3,5,7H2,1-2H3. The zero-order chi connectivity index (χ0) is 21.1. The molecule has 0 bridgehead atoms. The van der Waals surface area contributed by atoms with E-state index >= 15 is 0 Å². The molecule has 0 fully saturated rings. The van der Waals surface area contributed by atoms with Gasteiger partial charge in [0.1, 0.15) is 6.07 Å². The number of carbonyl (C=O) groups is 1. The van der Waals surface area contributed by atoms with Gasteiger partial charge in [-0.15, -0.1) is 0 Å². The van der Waals surface area contributed by atoms with E-state index in [0.29, 0.717) is 42.3 Å². The number of ether oxygens (including phenoxy) is 1. The lowest BCUT2D eigenvalue weighted by Crippen LogP contribution is -2.05. The number of hydrogen-bond donors (Lipinski definition) is 1. The lowest BCUT2D eigenvalue weighted by Gasteiger charge is -2.06. The van der Waals surface area contributed by atoms with E-state index in [1.165, 1.54) is 0 Å². The van der Waals surface area contributed by atoms with Gasteiger partial charge in [0, 0.05) is 29.1 Å². The van der Waals surface area contributed by atoms with Crippen LogP contribution in [0, 0.1) is 18.3 Å². The number of carbonyl (C=O) groups excluding carboxylic acids is 1. The van der Waals surface area contributed by atoms with Crippen LogP contribution in [0.5, 0.6) is 0 Å². The van der Waals surface area contributed by atoms with Crippen LogP contribution in [0.3, 0.4) is 0 Å². The summed E-state index contributed by atoms with van der Waals surface area (Å²) in [4.78, 5) is 19.2. The molecule has 0 aliphatic carbocycles. The van der Waals surface area contributed by atoms with Gasteiger partial charge in [0.05, 0.1) is 17.7 Å². The summed E-state index contributed by atoms with van der Waals surface area (Å²) in [6.45, 7) is 4.16. The molecule has 0 atom stereocenters. The Kier molecular flexibility index (Phi) is 5.31. The Morgan fingerprint density at radius 3 is 2.90 bits per heavy atom. The van der Waals surface area contributed by atoms with Crippen molar-refractivity contribution in [3.63, 3.8) is 0 Å². The van der Waals surface area contributed by atoms with Gasteiger partial charge in [0.25, 0.3) is 5.89 Å². The predicted molar refractivity (Wildman–Crippen MR) is 111 cm³/mol. The van der Waals surface area contributed by atoms with Gasteiger partial charge in [-0.2, -0.15) is 10.2 Å².